The van der Waals surface area contributed by atoms with E-state index in [-0.39, 0.29) is 6.42 Å². The van der Waals surface area contributed by atoms with E-state index in [1.807, 2.05) is 0 Å². The predicted octanol–water partition coefficient (Wildman–Crippen LogP) is -0.0158. The molecule has 2 atom stereocenters. The first-order chi connectivity index (χ1) is 8.21. The fourth-order valence-electron chi connectivity index (χ4n) is 1.91. The normalized spacial score (nSPS) is 28.6. The molecule has 1 saturated heterocycles. The monoisotopic (exact) mass is 259 g/mol. The minimum absolute atomic E-state index is 0.0331. The van der Waals surface area contributed by atoms with Crippen LogP contribution in [0.5, 0.6) is 0 Å². The molecule has 0 bridgehead atoms. The summed E-state index contributed by atoms with van der Waals surface area (Å²) in [7, 11) is 1.21. The summed E-state index contributed by atoms with van der Waals surface area (Å²) in [6, 6.07) is 0. The second-order valence-electron chi connectivity index (χ2n) is 5.47. The highest BCUT2D eigenvalue weighted by Crippen LogP contribution is 2.25. The van der Waals surface area contributed by atoms with Crippen LogP contribution in [0.1, 0.15) is 33.6 Å². The fraction of sp³-hybridized carbons (Fsp3) is 0.833. The van der Waals surface area contributed by atoms with E-state index in [0.717, 1.165) is 0 Å². The summed E-state index contributed by atoms with van der Waals surface area (Å²) in [5.41, 5.74) is -2.30. The van der Waals surface area contributed by atoms with E-state index in [1.165, 1.54) is 7.11 Å². The Kier molecular flexibility index (Phi) is 4.34. The highest BCUT2D eigenvalue weighted by Gasteiger charge is 2.52. The Balaban J connectivity index is 2.97. The zero-order chi connectivity index (χ0) is 14.0. The zero-order valence-electron chi connectivity index (χ0n) is 11.3. The maximum absolute atomic E-state index is 12.2. The van der Waals surface area contributed by atoms with Crippen LogP contribution in [0.4, 0.5) is 0 Å². The van der Waals surface area contributed by atoms with E-state index in [2.05, 4.69) is 10.1 Å². The van der Waals surface area contributed by atoms with Crippen LogP contribution in [-0.4, -0.2) is 47.9 Å². The van der Waals surface area contributed by atoms with Crippen LogP contribution in [0.15, 0.2) is 0 Å². The summed E-state index contributed by atoms with van der Waals surface area (Å²) >= 11 is 0. The fourth-order valence-corrected chi connectivity index (χ4v) is 1.91. The van der Waals surface area contributed by atoms with Crippen molar-refractivity contribution in [2.75, 3.05) is 13.7 Å². The highest BCUT2D eigenvalue weighted by atomic mass is 16.6. The van der Waals surface area contributed by atoms with E-state index < -0.39 is 29.2 Å². The number of esters is 2. The van der Waals surface area contributed by atoms with Gasteiger partial charge in [-0.3, -0.25) is 5.32 Å². The van der Waals surface area contributed by atoms with Gasteiger partial charge in [0.1, 0.15) is 5.60 Å². The first-order valence-corrected chi connectivity index (χ1v) is 5.96. The average molecular weight is 259 g/mol. The molecule has 0 aliphatic carbocycles. The Morgan fingerprint density at radius 1 is 1.33 bits per heavy atom. The van der Waals surface area contributed by atoms with Crippen molar-refractivity contribution in [1.82, 2.24) is 5.32 Å². The molecule has 0 aromatic heterocycles. The quantitative estimate of drug-likeness (QED) is 0.536. The SMILES string of the molecule is COC(=O)[C@@]1(C(=O)OC(C)(C)C)C[C@@H](O)CCN1. The van der Waals surface area contributed by atoms with E-state index in [0.29, 0.717) is 13.0 Å². The molecule has 104 valence electrons. The summed E-state index contributed by atoms with van der Waals surface area (Å²) in [6.07, 6.45) is -0.270. The Morgan fingerprint density at radius 3 is 2.39 bits per heavy atom. The molecule has 6 nitrogen and oxygen atoms in total. The molecular formula is C12H21NO5. The third-order valence-electron chi connectivity index (χ3n) is 2.73. The van der Waals surface area contributed by atoms with Crippen molar-refractivity contribution in [3.8, 4) is 0 Å². The van der Waals surface area contributed by atoms with Crippen LogP contribution in [0.25, 0.3) is 0 Å². The Labute approximate surface area is 107 Å². The van der Waals surface area contributed by atoms with Gasteiger partial charge in [-0.2, -0.15) is 0 Å². The number of hydrogen-bond donors (Lipinski definition) is 2. The van der Waals surface area contributed by atoms with Crippen molar-refractivity contribution < 1.29 is 24.2 Å². The number of aliphatic hydroxyl groups is 1. The van der Waals surface area contributed by atoms with Crippen molar-refractivity contribution in [2.45, 2.75) is 50.9 Å². The van der Waals surface area contributed by atoms with Gasteiger partial charge in [-0.05, 0) is 33.7 Å². The van der Waals surface area contributed by atoms with Gasteiger partial charge in [-0.25, -0.2) is 9.59 Å². The van der Waals surface area contributed by atoms with Crippen LogP contribution in [0, 0.1) is 0 Å². The zero-order valence-corrected chi connectivity index (χ0v) is 11.3. The van der Waals surface area contributed by atoms with Crippen LogP contribution < -0.4 is 5.32 Å². The van der Waals surface area contributed by atoms with Gasteiger partial charge >= 0.3 is 11.9 Å². The number of piperidine rings is 1. The number of rotatable bonds is 2. The third-order valence-corrected chi connectivity index (χ3v) is 2.73. The second-order valence-corrected chi connectivity index (χ2v) is 5.47. The van der Waals surface area contributed by atoms with Gasteiger partial charge in [-0.1, -0.05) is 0 Å². The average Bonchev–Trinajstić information content (AvgIpc) is 2.25. The van der Waals surface area contributed by atoms with E-state index in [9.17, 15) is 14.7 Å². The first kappa shape index (κ1) is 14.9. The summed E-state index contributed by atoms with van der Waals surface area (Å²) in [5, 5.41) is 12.5. The van der Waals surface area contributed by atoms with Gasteiger partial charge in [0.15, 0.2) is 0 Å². The molecule has 0 aromatic rings. The Morgan fingerprint density at radius 2 is 1.94 bits per heavy atom. The van der Waals surface area contributed by atoms with Gasteiger partial charge in [0.2, 0.25) is 5.54 Å². The molecule has 18 heavy (non-hydrogen) atoms. The van der Waals surface area contributed by atoms with Crippen LogP contribution in [-0.2, 0) is 19.1 Å². The molecule has 1 rings (SSSR count). The lowest BCUT2D eigenvalue weighted by atomic mass is 9.87. The lowest BCUT2D eigenvalue weighted by molar-refractivity contribution is -0.176. The van der Waals surface area contributed by atoms with E-state index in [4.69, 9.17) is 4.74 Å². The second kappa shape index (κ2) is 5.24. The number of hydrogen-bond acceptors (Lipinski definition) is 6. The molecule has 0 spiro atoms. The molecule has 6 heteroatoms. The summed E-state index contributed by atoms with van der Waals surface area (Å²) in [4.78, 5) is 24.0. The summed E-state index contributed by atoms with van der Waals surface area (Å²) in [5.74, 6) is -1.43. The molecule has 1 fully saturated rings. The smallest absolute Gasteiger partial charge is 0.338 e. The summed E-state index contributed by atoms with van der Waals surface area (Å²) < 4.78 is 9.90. The maximum atomic E-state index is 12.2. The van der Waals surface area contributed by atoms with Gasteiger partial charge < -0.3 is 14.6 Å². The number of carbonyl (C=O) groups excluding carboxylic acids is 2. The van der Waals surface area contributed by atoms with Gasteiger partial charge in [-0.15, -0.1) is 0 Å². The van der Waals surface area contributed by atoms with Crippen molar-refractivity contribution >= 4 is 11.9 Å². The van der Waals surface area contributed by atoms with Crippen LogP contribution >= 0.6 is 0 Å². The van der Waals surface area contributed by atoms with E-state index >= 15 is 0 Å². The van der Waals surface area contributed by atoms with Crippen molar-refractivity contribution in [1.29, 1.82) is 0 Å². The topological polar surface area (TPSA) is 84.9 Å². The van der Waals surface area contributed by atoms with Crippen molar-refractivity contribution in [2.24, 2.45) is 0 Å². The van der Waals surface area contributed by atoms with Crippen molar-refractivity contribution in [3.63, 3.8) is 0 Å². The molecular weight excluding hydrogens is 238 g/mol. The minimum atomic E-state index is -1.60. The molecule has 0 aromatic carbocycles. The number of ether oxygens (including phenoxy) is 2. The highest BCUT2D eigenvalue weighted by molar-refractivity contribution is 6.05. The van der Waals surface area contributed by atoms with Gasteiger partial charge in [0.25, 0.3) is 0 Å². The van der Waals surface area contributed by atoms with Crippen LogP contribution in [0.2, 0.25) is 0 Å². The first-order valence-electron chi connectivity index (χ1n) is 5.96. The number of methoxy groups -OCH3 is 1. The molecule has 0 saturated carbocycles. The number of carbonyl (C=O) groups is 2. The van der Waals surface area contributed by atoms with Gasteiger partial charge in [0, 0.05) is 6.42 Å². The lowest BCUT2D eigenvalue weighted by Crippen LogP contribution is -2.64. The van der Waals surface area contributed by atoms with Crippen LogP contribution in [0.3, 0.4) is 0 Å². The number of aliphatic hydroxyl groups excluding tert-OH is 1. The number of nitrogens with one attached hydrogen (secondary N) is 1. The maximum Gasteiger partial charge on any atom is 0.338 e. The van der Waals surface area contributed by atoms with Gasteiger partial charge in [0.05, 0.1) is 13.2 Å². The third kappa shape index (κ3) is 3.20. The molecule has 1 aliphatic rings. The molecule has 0 unspecified atom stereocenters. The lowest BCUT2D eigenvalue weighted by Gasteiger charge is -2.37. The summed E-state index contributed by atoms with van der Waals surface area (Å²) in [6.45, 7) is 5.51. The van der Waals surface area contributed by atoms with E-state index in [1.54, 1.807) is 20.8 Å². The van der Waals surface area contributed by atoms with Crippen molar-refractivity contribution in [3.05, 3.63) is 0 Å². The largest absolute Gasteiger partial charge is 0.467 e. The standard InChI is InChI=1S/C12H21NO5/c1-11(2,3)18-10(16)12(9(15)17-4)7-8(14)5-6-13-12/h8,13-14H,5-7H2,1-4H3/t8-,12+/m0/s1. The molecule has 2 N–H and O–H groups in total. The molecule has 1 aliphatic heterocycles. The predicted molar refractivity (Wildman–Crippen MR) is 63.8 cm³/mol. The minimum Gasteiger partial charge on any atom is -0.467 e. The molecule has 0 radical (unpaired) electrons. The Hall–Kier alpha value is -1.14. The molecule has 0 amide bonds. The Bertz CT molecular complexity index is 336. The molecule has 1 heterocycles.